The number of nitriles is 1. The molecule has 8 heteroatoms. The van der Waals surface area contributed by atoms with Gasteiger partial charge in [-0.2, -0.15) is 5.26 Å². The SMILES string of the molecule is CC(C)Oc1ccc(-c2nnc(C3=CC=C[C@]4(C)C3CCC[C@H]4NC(N)=O)s2)cc1C#N. The van der Waals surface area contributed by atoms with Crippen molar-refractivity contribution in [2.45, 2.75) is 52.2 Å². The van der Waals surface area contributed by atoms with Crippen LogP contribution in [0.2, 0.25) is 0 Å². The molecule has 166 valence electrons. The number of ether oxygens (including phenoxy) is 1. The van der Waals surface area contributed by atoms with Crippen LogP contribution in [-0.2, 0) is 0 Å². The quantitative estimate of drug-likeness (QED) is 0.689. The minimum Gasteiger partial charge on any atom is -0.490 e. The van der Waals surface area contributed by atoms with E-state index in [0.29, 0.717) is 11.3 Å². The van der Waals surface area contributed by atoms with E-state index in [-0.39, 0.29) is 23.5 Å². The number of hydrogen-bond donors (Lipinski definition) is 2. The van der Waals surface area contributed by atoms with Crippen molar-refractivity contribution in [2.24, 2.45) is 17.1 Å². The molecule has 0 radical (unpaired) electrons. The van der Waals surface area contributed by atoms with Gasteiger partial charge >= 0.3 is 6.03 Å². The number of nitrogens with two attached hydrogens (primary N) is 1. The van der Waals surface area contributed by atoms with E-state index in [2.05, 4.69) is 40.7 Å². The Morgan fingerprint density at radius 3 is 2.84 bits per heavy atom. The highest BCUT2D eigenvalue weighted by Gasteiger charge is 2.46. The molecule has 4 rings (SSSR count). The van der Waals surface area contributed by atoms with E-state index < -0.39 is 6.03 Å². The van der Waals surface area contributed by atoms with Crippen molar-refractivity contribution in [3.8, 4) is 22.4 Å². The van der Waals surface area contributed by atoms with Crippen LogP contribution in [0.25, 0.3) is 16.1 Å². The molecular weight excluding hydrogens is 422 g/mol. The maximum atomic E-state index is 11.6. The Labute approximate surface area is 192 Å². The van der Waals surface area contributed by atoms with E-state index in [1.54, 1.807) is 6.07 Å². The first kappa shape index (κ1) is 22.0. The van der Waals surface area contributed by atoms with Crippen LogP contribution < -0.4 is 15.8 Å². The number of primary amides is 1. The third-order valence-corrected chi connectivity index (χ3v) is 7.31. The van der Waals surface area contributed by atoms with Crippen molar-refractivity contribution in [1.29, 1.82) is 5.26 Å². The minimum atomic E-state index is -0.488. The molecule has 1 unspecified atom stereocenters. The summed E-state index contributed by atoms with van der Waals surface area (Å²) in [5.74, 6) is 0.789. The third kappa shape index (κ3) is 4.13. The molecule has 1 aromatic heterocycles. The largest absolute Gasteiger partial charge is 0.490 e. The van der Waals surface area contributed by atoms with Crippen LogP contribution in [-0.4, -0.2) is 28.4 Å². The number of nitrogens with zero attached hydrogens (tertiary/aromatic N) is 3. The molecule has 7 nitrogen and oxygen atoms in total. The van der Waals surface area contributed by atoms with Crippen LogP contribution in [0.3, 0.4) is 0 Å². The summed E-state index contributed by atoms with van der Waals surface area (Å²) in [6, 6.07) is 7.23. The molecule has 0 spiro atoms. The van der Waals surface area contributed by atoms with E-state index in [0.717, 1.165) is 40.4 Å². The summed E-state index contributed by atoms with van der Waals surface area (Å²) in [7, 11) is 0. The van der Waals surface area contributed by atoms with Crippen LogP contribution in [0.1, 0.15) is 50.6 Å². The highest BCUT2D eigenvalue weighted by atomic mass is 32.1. The molecule has 1 heterocycles. The summed E-state index contributed by atoms with van der Waals surface area (Å²) >= 11 is 1.51. The smallest absolute Gasteiger partial charge is 0.312 e. The van der Waals surface area contributed by atoms with Gasteiger partial charge in [0.2, 0.25) is 0 Å². The maximum absolute atomic E-state index is 11.6. The van der Waals surface area contributed by atoms with E-state index in [1.165, 1.54) is 11.3 Å². The number of urea groups is 1. The molecular formula is C24H27N5O2S. The molecule has 3 N–H and O–H groups in total. The first-order valence-electron chi connectivity index (χ1n) is 10.8. The van der Waals surface area contributed by atoms with Crippen LogP contribution in [0, 0.1) is 22.7 Å². The summed E-state index contributed by atoms with van der Waals surface area (Å²) in [6.45, 7) is 6.04. The highest BCUT2D eigenvalue weighted by Crippen LogP contribution is 2.51. The lowest BCUT2D eigenvalue weighted by Crippen LogP contribution is -2.53. The van der Waals surface area contributed by atoms with E-state index in [1.807, 2.05) is 32.1 Å². The molecule has 0 bridgehead atoms. The van der Waals surface area contributed by atoms with Crippen molar-refractivity contribution in [1.82, 2.24) is 15.5 Å². The normalized spacial score (nSPS) is 24.4. The summed E-state index contributed by atoms with van der Waals surface area (Å²) in [5.41, 5.74) is 7.66. The van der Waals surface area contributed by atoms with Gasteiger partial charge in [-0.05, 0) is 56.4 Å². The molecule has 2 aliphatic carbocycles. The molecule has 0 saturated heterocycles. The molecule has 0 aliphatic heterocycles. The number of fused-ring (bicyclic) bond motifs is 1. The Morgan fingerprint density at radius 2 is 2.12 bits per heavy atom. The lowest BCUT2D eigenvalue weighted by Gasteiger charge is -2.47. The Hall–Kier alpha value is -3.18. The van der Waals surface area contributed by atoms with Crippen molar-refractivity contribution < 1.29 is 9.53 Å². The highest BCUT2D eigenvalue weighted by molar-refractivity contribution is 7.15. The van der Waals surface area contributed by atoms with Gasteiger partial charge in [-0.15, -0.1) is 10.2 Å². The van der Waals surface area contributed by atoms with Crippen molar-refractivity contribution in [2.75, 3.05) is 0 Å². The van der Waals surface area contributed by atoms with Gasteiger partial charge in [-0.1, -0.05) is 42.9 Å². The number of carbonyl (C=O) groups excluding carboxylic acids is 1. The maximum Gasteiger partial charge on any atom is 0.312 e. The first-order valence-corrected chi connectivity index (χ1v) is 11.6. The second-order valence-corrected chi connectivity index (χ2v) is 9.77. The Balaban J connectivity index is 1.63. The fourth-order valence-electron chi connectivity index (χ4n) is 4.77. The predicted molar refractivity (Wildman–Crippen MR) is 125 cm³/mol. The fourth-order valence-corrected chi connectivity index (χ4v) is 5.69. The fraction of sp³-hybridized carbons (Fsp3) is 0.417. The lowest BCUT2D eigenvalue weighted by molar-refractivity contribution is 0.156. The number of nitrogens with one attached hydrogen (secondary N) is 1. The molecule has 3 atom stereocenters. The number of benzene rings is 1. The lowest BCUT2D eigenvalue weighted by atomic mass is 9.60. The first-order chi connectivity index (χ1) is 15.3. The molecule has 1 saturated carbocycles. The van der Waals surface area contributed by atoms with Gasteiger partial charge in [0.05, 0.1) is 11.7 Å². The number of carbonyl (C=O) groups is 1. The van der Waals surface area contributed by atoms with Gasteiger partial charge < -0.3 is 15.8 Å². The molecule has 1 aromatic carbocycles. The standard InChI is InChI=1S/C24H27N5O2S/c1-14(2)31-19-10-9-15(12-16(19)13-25)21-28-29-22(32-21)17-6-5-11-24(3)18(17)7-4-8-20(24)27-23(26)30/h5-6,9-12,14,18,20H,4,7-8H2,1-3H3,(H3,26,27,30)/t18?,20-,24-/m1/s1. The number of allylic oxidation sites excluding steroid dienone is 3. The van der Waals surface area contributed by atoms with Gasteiger partial charge in [-0.25, -0.2) is 4.79 Å². The van der Waals surface area contributed by atoms with E-state index in [9.17, 15) is 10.1 Å². The molecule has 2 amide bonds. The van der Waals surface area contributed by atoms with Crippen LogP contribution >= 0.6 is 11.3 Å². The van der Waals surface area contributed by atoms with E-state index >= 15 is 0 Å². The van der Waals surface area contributed by atoms with Gasteiger partial charge in [-0.3, -0.25) is 0 Å². The number of rotatable bonds is 5. The topological polar surface area (TPSA) is 114 Å². The van der Waals surface area contributed by atoms with Crippen LogP contribution in [0.5, 0.6) is 5.75 Å². The average Bonchev–Trinajstić information content (AvgIpc) is 3.23. The molecule has 2 aliphatic rings. The third-order valence-electron chi connectivity index (χ3n) is 6.29. The van der Waals surface area contributed by atoms with Crippen molar-refractivity contribution >= 4 is 22.9 Å². The Bertz CT molecular complexity index is 1130. The second-order valence-electron chi connectivity index (χ2n) is 8.79. The summed E-state index contributed by atoms with van der Waals surface area (Å²) in [4.78, 5) is 11.6. The predicted octanol–water partition coefficient (Wildman–Crippen LogP) is 4.66. The zero-order chi connectivity index (χ0) is 22.9. The number of aromatic nitrogens is 2. The molecule has 32 heavy (non-hydrogen) atoms. The van der Waals surface area contributed by atoms with Gasteiger partial charge in [0.15, 0.2) is 0 Å². The Kier molecular flexibility index (Phi) is 6.02. The summed E-state index contributed by atoms with van der Waals surface area (Å²) in [6.07, 6.45) is 9.23. The second kappa shape index (κ2) is 8.75. The van der Waals surface area contributed by atoms with Gasteiger partial charge in [0, 0.05) is 17.0 Å². The minimum absolute atomic E-state index is 0.00920. The van der Waals surface area contributed by atoms with Gasteiger partial charge in [0.1, 0.15) is 21.8 Å². The average molecular weight is 450 g/mol. The van der Waals surface area contributed by atoms with Gasteiger partial charge in [0.25, 0.3) is 0 Å². The zero-order valence-electron chi connectivity index (χ0n) is 18.5. The van der Waals surface area contributed by atoms with Crippen LogP contribution in [0.15, 0.2) is 36.4 Å². The van der Waals surface area contributed by atoms with Crippen molar-refractivity contribution in [3.05, 3.63) is 47.0 Å². The Morgan fingerprint density at radius 1 is 1.34 bits per heavy atom. The monoisotopic (exact) mass is 449 g/mol. The number of amides is 2. The van der Waals surface area contributed by atoms with E-state index in [4.69, 9.17) is 10.5 Å². The van der Waals surface area contributed by atoms with Crippen molar-refractivity contribution in [3.63, 3.8) is 0 Å². The molecule has 2 aromatic rings. The number of hydrogen-bond acceptors (Lipinski definition) is 6. The summed E-state index contributed by atoms with van der Waals surface area (Å²) in [5, 5.41) is 23.0. The molecule has 1 fully saturated rings. The zero-order valence-corrected chi connectivity index (χ0v) is 19.3. The summed E-state index contributed by atoms with van der Waals surface area (Å²) < 4.78 is 5.72. The van der Waals surface area contributed by atoms with Crippen LogP contribution in [0.4, 0.5) is 4.79 Å².